The highest BCUT2D eigenvalue weighted by Crippen LogP contribution is 2.28. The molecular weight excluding hydrogens is 510 g/mol. The Bertz CT molecular complexity index is 1290. The first kappa shape index (κ1) is 24.0. The number of benzene rings is 3. The molecule has 0 bridgehead atoms. The molecule has 8 heteroatoms. The number of amides is 2. The molecule has 6 nitrogen and oxygen atoms in total. The Kier molecular flexibility index (Phi) is 7.70. The van der Waals surface area contributed by atoms with Gasteiger partial charge in [0.2, 0.25) is 0 Å². The molecule has 0 radical (unpaired) electrons. The van der Waals surface area contributed by atoms with E-state index in [0.717, 1.165) is 21.1 Å². The number of carbonyl (C=O) groups excluding carboxylic acids is 1. The predicted octanol–water partition coefficient (Wildman–Crippen LogP) is 6.82. The summed E-state index contributed by atoms with van der Waals surface area (Å²) < 4.78 is 2.92. The highest BCUT2D eigenvalue weighted by atomic mass is 79.9. The van der Waals surface area contributed by atoms with Crippen molar-refractivity contribution in [2.45, 2.75) is 37.7 Å². The van der Waals surface area contributed by atoms with E-state index in [0.29, 0.717) is 11.5 Å². The molecule has 174 valence electrons. The van der Waals surface area contributed by atoms with Crippen LogP contribution in [0.3, 0.4) is 0 Å². The molecule has 2 amide bonds. The van der Waals surface area contributed by atoms with Crippen LogP contribution in [0.2, 0.25) is 0 Å². The van der Waals surface area contributed by atoms with Gasteiger partial charge in [-0.3, -0.25) is 4.57 Å². The van der Waals surface area contributed by atoms with Crippen LogP contribution in [0.25, 0.3) is 5.69 Å². The summed E-state index contributed by atoms with van der Waals surface area (Å²) in [6.07, 6.45) is 0. The zero-order chi connectivity index (χ0) is 24.1. The van der Waals surface area contributed by atoms with E-state index in [-0.39, 0.29) is 12.1 Å². The number of nitrogens with one attached hydrogen (secondary N) is 2. The topological polar surface area (TPSA) is 71.8 Å². The molecule has 0 unspecified atom stereocenters. The first-order valence-electron chi connectivity index (χ1n) is 10.9. The molecule has 4 rings (SSSR count). The number of halogens is 1. The summed E-state index contributed by atoms with van der Waals surface area (Å²) in [4.78, 5) is 12.7. The van der Waals surface area contributed by atoms with Gasteiger partial charge in [-0.1, -0.05) is 75.7 Å². The monoisotopic (exact) mass is 535 g/mol. The molecule has 34 heavy (non-hydrogen) atoms. The molecule has 4 aromatic rings. The van der Waals surface area contributed by atoms with Crippen molar-refractivity contribution in [3.63, 3.8) is 0 Å². The highest BCUT2D eigenvalue weighted by molar-refractivity contribution is 9.10. The molecule has 0 spiro atoms. The lowest BCUT2D eigenvalue weighted by Crippen LogP contribution is -2.32. The molecule has 1 heterocycles. The van der Waals surface area contributed by atoms with E-state index in [1.54, 1.807) is 11.8 Å². The van der Waals surface area contributed by atoms with Crippen molar-refractivity contribution < 1.29 is 4.79 Å². The van der Waals surface area contributed by atoms with Gasteiger partial charge in [0.05, 0.1) is 6.04 Å². The molecule has 1 aromatic heterocycles. The predicted molar refractivity (Wildman–Crippen MR) is 142 cm³/mol. The van der Waals surface area contributed by atoms with Crippen molar-refractivity contribution >= 4 is 39.4 Å². The summed E-state index contributed by atoms with van der Waals surface area (Å²) in [7, 11) is 0. The number of anilines is 1. The fourth-order valence-electron chi connectivity index (χ4n) is 3.50. The maximum absolute atomic E-state index is 12.7. The van der Waals surface area contributed by atoms with Gasteiger partial charge in [-0.2, -0.15) is 0 Å². The Morgan fingerprint density at radius 1 is 1.03 bits per heavy atom. The maximum Gasteiger partial charge on any atom is 0.319 e. The Morgan fingerprint density at radius 2 is 1.79 bits per heavy atom. The van der Waals surface area contributed by atoms with E-state index >= 15 is 0 Å². The number of carbonyl (C=O) groups is 1. The van der Waals surface area contributed by atoms with E-state index in [4.69, 9.17) is 0 Å². The number of urea groups is 1. The quantitative estimate of drug-likeness (QED) is 0.254. The van der Waals surface area contributed by atoms with Gasteiger partial charge < -0.3 is 10.6 Å². The van der Waals surface area contributed by atoms with Crippen LogP contribution >= 0.6 is 27.7 Å². The molecular formula is C26H26BrN5OS. The van der Waals surface area contributed by atoms with Crippen LogP contribution in [0, 0.1) is 13.8 Å². The summed E-state index contributed by atoms with van der Waals surface area (Å²) in [6.45, 7) is 6.08. The minimum atomic E-state index is -0.367. The number of hydrogen-bond donors (Lipinski definition) is 2. The van der Waals surface area contributed by atoms with Crippen LogP contribution in [0.15, 0.2) is 82.4 Å². The molecule has 0 aliphatic carbocycles. The fourth-order valence-corrected chi connectivity index (χ4v) is 4.93. The third kappa shape index (κ3) is 5.87. The van der Waals surface area contributed by atoms with Crippen LogP contribution in [-0.2, 0) is 5.75 Å². The molecule has 0 saturated carbocycles. The van der Waals surface area contributed by atoms with Crippen molar-refractivity contribution in [1.29, 1.82) is 0 Å². The third-order valence-electron chi connectivity index (χ3n) is 5.39. The largest absolute Gasteiger partial charge is 0.328 e. The standard InChI is InChI=1S/C26H26BrN5OS/c1-17-11-13-23(14-12-17)32-24(19(3)28-25(33)29-22-10-6-9-21(27)15-22)30-31-26(32)34-16-20-8-5-4-7-18(20)2/h4-15,19H,16H2,1-3H3,(H2,28,29,33)/t19-/m1/s1. The van der Waals surface area contributed by atoms with Crippen LogP contribution in [0.5, 0.6) is 0 Å². The van der Waals surface area contributed by atoms with E-state index in [9.17, 15) is 4.79 Å². The van der Waals surface area contributed by atoms with Crippen LogP contribution in [-0.4, -0.2) is 20.8 Å². The van der Waals surface area contributed by atoms with Crippen molar-refractivity contribution in [2.24, 2.45) is 0 Å². The number of hydrogen-bond acceptors (Lipinski definition) is 4. The first-order valence-corrected chi connectivity index (χ1v) is 12.7. The van der Waals surface area contributed by atoms with E-state index in [1.165, 1.54) is 16.7 Å². The first-order chi connectivity index (χ1) is 16.4. The summed E-state index contributed by atoms with van der Waals surface area (Å²) in [5.74, 6) is 1.45. The van der Waals surface area contributed by atoms with Crippen molar-refractivity contribution in [3.05, 3.63) is 99.8 Å². The van der Waals surface area contributed by atoms with Crippen molar-refractivity contribution in [2.75, 3.05) is 5.32 Å². The number of aryl methyl sites for hydroxylation is 2. The second kappa shape index (κ2) is 10.9. The zero-order valence-electron chi connectivity index (χ0n) is 19.2. The molecule has 0 aliphatic rings. The van der Waals surface area contributed by atoms with Gasteiger partial charge in [0.15, 0.2) is 11.0 Å². The second-order valence-electron chi connectivity index (χ2n) is 8.06. The van der Waals surface area contributed by atoms with Crippen molar-refractivity contribution in [1.82, 2.24) is 20.1 Å². The molecule has 1 atom stereocenters. The van der Waals surface area contributed by atoms with Gasteiger partial charge >= 0.3 is 6.03 Å². The lowest BCUT2D eigenvalue weighted by atomic mass is 10.1. The van der Waals surface area contributed by atoms with Gasteiger partial charge in [0.1, 0.15) is 0 Å². The molecule has 0 saturated heterocycles. The second-order valence-corrected chi connectivity index (χ2v) is 9.92. The minimum absolute atomic E-state index is 0.307. The summed E-state index contributed by atoms with van der Waals surface area (Å²) in [5.41, 5.74) is 5.34. The summed E-state index contributed by atoms with van der Waals surface area (Å²) in [6, 6.07) is 23.4. The third-order valence-corrected chi connectivity index (χ3v) is 6.86. The molecule has 0 aliphatic heterocycles. The summed E-state index contributed by atoms with van der Waals surface area (Å²) >= 11 is 5.05. The van der Waals surface area contributed by atoms with E-state index < -0.39 is 0 Å². The summed E-state index contributed by atoms with van der Waals surface area (Å²) in [5, 5.41) is 15.6. The van der Waals surface area contributed by atoms with Gasteiger partial charge in [-0.25, -0.2) is 4.79 Å². The average Bonchev–Trinajstić information content (AvgIpc) is 3.23. The molecule has 0 fully saturated rings. The fraction of sp³-hybridized carbons (Fsp3) is 0.192. The van der Waals surface area contributed by atoms with Gasteiger partial charge in [-0.15, -0.1) is 10.2 Å². The Morgan fingerprint density at radius 3 is 2.53 bits per heavy atom. The molecule has 3 aromatic carbocycles. The van der Waals surface area contributed by atoms with Gasteiger partial charge in [0.25, 0.3) is 0 Å². The SMILES string of the molecule is Cc1ccc(-n2c(SCc3ccccc3C)nnc2[C@@H](C)NC(=O)Nc2cccc(Br)c2)cc1. The Hall–Kier alpha value is -3.10. The maximum atomic E-state index is 12.7. The smallest absolute Gasteiger partial charge is 0.319 e. The minimum Gasteiger partial charge on any atom is -0.328 e. The number of rotatable bonds is 7. The van der Waals surface area contributed by atoms with Gasteiger partial charge in [0, 0.05) is 21.6 Å². The average molecular weight is 536 g/mol. The zero-order valence-corrected chi connectivity index (χ0v) is 21.7. The number of thioether (sulfide) groups is 1. The van der Waals surface area contributed by atoms with Crippen LogP contribution < -0.4 is 10.6 Å². The normalized spacial score (nSPS) is 11.8. The lowest BCUT2D eigenvalue weighted by Gasteiger charge is -2.17. The highest BCUT2D eigenvalue weighted by Gasteiger charge is 2.21. The Balaban J connectivity index is 1.57. The molecule has 2 N–H and O–H groups in total. The van der Waals surface area contributed by atoms with Crippen LogP contribution in [0.1, 0.15) is 35.5 Å². The van der Waals surface area contributed by atoms with E-state index in [1.807, 2.05) is 54.0 Å². The van der Waals surface area contributed by atoms with E-state index in [2.05, 4.69) is 80.9 Å². The van der Waals surface area contributed by atoms with Crippen LogP contribution in [0.4, 0.5) is 10.5 Å². The lowest BCUT2D eigenvalue weighted by molar-refractivity contribution is 0.249. The van der Waals surface area contributed by atoms with Gasteiger partial charge in [-0.05, 0) is 62.2 Å². The Labute approximate surface area is 212 Å². The van der Waals surface area contributed by atoms with Crippen molar-refractivity contribution in [3.8, 4) is 5.69 Å². The number of aromatic nitrogens is 3. The number of nitrogens with zero attached hydrogens (tertiary/aromatic N) is 3.